The van der Waals surface area contributed by atoms with Gasteiger partial charge < -0.3 is 10.6 Å². The summed E-state index contributed by atoms with van der Waals surface area (Å²) in [6, 6.07) is 2.09. The molecule has 5 heteroatoms. The molecule has 0 aliphatic heterocycles. The molecule has 0 bridgehead atoms. The second-order valence-electron chi connectivity index (χ2n) is 4.45. The number of rotatable bonds is 4. The zero-order valence-corrected chi connectivity index (χ0v) is 9.67. The molecule has 0 atom stereocenters. The Kier molecular flexibility index (Phi) is 3.88. The topological polar surface area (TPSA) is 82.0 Å². The predicted octanol–water partition coefficient (Wildman–Crippen LogP) is 0.321. The lowest BCUT2D eigenvalue weighted by Crippen LogP contribution is -2.48. The molecule has 1 rings (SSSR count). The van der Waals surface area contributed by atoms with Crippen LogP contribution in [0, 0.1) is 16.7 Å². The van der Waals surface area contributed by atoms with Gasteiger partial charge in [0.1, 0.15) is 5.41 Å². The molecule has 1 aliphatic rings. The van der Waals surface area contributed by atoms with Crippen molar-refractivity contribution in [1.29, 1.82) is 5.26 Å². The molecular weight excluding hydrogens is 206 g/mol. The van der Waals surface area contributed by atoms with Gasteiger partial charge in [-0.05, 0) is 33.1 Å². The largest absolute Gasteiger partial charge is 0.352 e. The average molecular weight is 223 g/mol. The number of hydrogen-bond acceptors (Lipinski definition) is 3. The summed E-state index contributed by atoms with van der Waals surface area (Å²) in [5.41, 5.74) is -0.877. The Labute approximate surface area is 95.2 Å². The normalized spacial score (nSPS) is 17.1. The minimum Gasteiger partial charge on any atom is -0.352 e. The zero-order valence-electron chi connectivity index (χ0n) is 9.67. The summed E-state index contributed by atoms with van der Waals surface area (Å²) in [6.45, 7) is 3.64. The van der Waals surface area contributed by atoms with E-state index in [1.807, 2.05) is 19.9 Å². The van der Waals surface area contributed by atoms with Crippen molar-refractivity contribution in [2.75, 3.05) is 6.54 Å². The summed E-state index contributed by atoms with van der Waals surface area (Å²) in [7, 11) is 0. The predicted molar refractivity (Wildman–Crippen MR) is 58.2 cm³/mol. The van der Waals surface area contributed by atoms with Gasteiger partial charge in [0.25, 0.3) is 0 Å². The van der Waals surface area contributed by atoms with E-state index in [1.165, 1.54) is 0 Å². The highest BCUT2D eigenvalue weighted by atomic mass is 16.2. The molecule has 0 spiro atoms. The van der Waals surface area contributed by atoms with Gasteiger partial charge in [0.2, 0.25) is 11.8 Å². The van der Waals surface area contributed by atoms with Crippen molar-refractivity contribution >= 4 is 11.8 Å². The molecule has 0 aromatic heterocycles. The quantitative estimate of drug-likeness (QED) is 0.720. The molecule has 0 radical (unpaired) electrons. The van der Waals surface area contributed by atoms with Crippen molar-refractivity contribution < 1.29 is 9.59 Å². The van der Waals surface area contributed by atoms with Crippen molar-refractivity contribution in [3.63, 3.8) is 0 Å². The van der Waals surface area contributed by atoms with Gasteiger partial charge in [-0.15, -0.1) is 0 Å². The Bertz CT molecular complexity index is 327. The van der Waals surface area contributed by atoms with Gasteiger partial charge in [0.05, 0.1) is 12.6 Å². The maximum absolute atomic E-state index is 11.7. The first-order valence-electron chi connectivity index (χ1n) is 5.49. The van der Waals surface area contributed by atoms with Crippen LogP contribution in [0.2, 0.25) is 0 Å². The number of hydrogen-bond donors (Lipinski definition) is 2. The van der Waals surface area contributed by atoms with E-state index < -0.39 is 5.41 Å². The van der Waals surface area contributed by atoms with E-state index in [9.17, 15) is 9.59 Å². The molecule has 5 nitrogen and oxygen atoms in total. The van der Waals surface area contributed by atoms with Gasteiger partial charge >= 0.3 is 0 Å². The number of nitrogens with zero attached hydrogens (tertiary/aromatic N) is 1. The van der Waals surface area contributed by atoms with Gasteiger partial charge in [-0.25, -0.2) is 0 Å². The van der Waals surface area contributed by atoms with E-state index in [-0.39, 0.29) is 24.4 Å². The molecule has 88 valence electrons. The van der Waals surface area contributed by atoms with Crippen molar-refractivity contribution in [2.24, 2.45) is 5.41 Å². The number of carbonyl (C=O) groups excluding carboxylic acids is 2. The van der Waals surface area contributed by atoms with E-state index in [4.69, 9.17) is 5.26 Å². The third kappa shape index (κ3) is 2.72. The molecule has 1 saturated carbocycles. The smallest absolute Gasteiger partial charge is 0.240 e. The molecule has 0 aromatic rings. The standard InChI is InChI=1S/C11H17N3O2/c1-8(2)14-9(15)6-13-10(16)11(7-12)4-3-5-11/h8H,3-6H2,1-2H3,(H,13,16)(H,14,15). The van der Waals surface area contributed by atoms with Crippen LogP contribution >= 0.6 is 0 Å². The fraction of sp³-hybridized carbons (Fsp3) is 0.727. The summed E-state index contributed by atoms with van der Waals surface area (Å²) in [5, 5.41) is 14.1. The highest BCUT2D eigenvalue weighted by molar-refractivity contribution is 5.90. The lowest BCUT2D eigenvalue weighted by Gasteiger charge is -2.33. The van der Waals surface area contributed by atoms with Crippen molar-refractivity contribution in [3.8, 4) is 6.07 Å². The van der Waals surface area contributed by atoms with Gasteiger partial charge in [-0.3, -0.25) is 9.59 Å². The first-order chi connectivity index (χ1) is 7.50. The van der Waals surface area contributed by atoms with Gasteiger partial charge in [-0.1, -0.05) is 0 Å². The molecule has 0 aromatic carbocycles. The summed E-state index contributed by atoms with van der Waals surface area (Å²) < 4.78 is 0. The van der Waals surface area contributed by atoms with E-state index >= 15 is 0 Å². The molecule has 1 fully saturated rings. The molecule has 0 heterocycles. The van der Waals surface area contributed by atoms with Crippen molar-refractivity contribution in [2.45, 2.75) is 39.2 Å². The Hall–Kier alpha value is -1.57. The molecule has 0 saturated heterocycles. The summed E-state index contributed by atoms with van der Waals surface area (Å²) >= 11 is 0. The lowest BCUT2D eigenvalue weighted by atomic mass is 9.69. The molecular formula is C11H17N3O2. The maximum atomic E-state index is 11.7. The zero-order chi connectivity index (χ0) is 12.2. The summed E-state index contributed by atoms with van der Waals surface area (Å²) in [4.78, 5) is 22.9. The van der Waals surface area contributed by atoms with Gasteiger partial charge in [0.15, 0.2) is 0 Å². The number of nitriles is 1. The van der Waals surface area contributed by atoms with Crippen LogP contribution in [0.4, 0.5) is 0 Å². The molecule has 1 aliphatic carbocycles. The van der Waals surface area contributed by atoms with Crippen LogP contribution in [0.5, 0.6) is 0 Å². The molecule has 2 N–H and O–H groups in total. The Balaban J connectivity index is 2.36. The molecule has 2 amide bonds. The fourth-order valence-electron chi connectivity index (χ4n) is 1.62. The Morgan fingerprint density at radius 1 is 1.44 bits per heavy atom. The minimum atomic E-state index is -0.877. The molecule has 0 unspecified atom stereocenters. The van der Waals surface area contributed by atoms with Crippen LogP contribution in [-0.2, 0) is 9.59 Å². The minimum absolute atomic E-state index is 0.0537. The van der Waals surface area contributed by atoms with E-state index in [0.29, 0.717) is 12.8 Å². The monoisotopic (exact) mass is 223 g/mol. The van der Waals surface area contributed by atoms with E-state index in [2.05, 4.69) is 10.6 Å². The first-order valence-corrected chi connectivity index (χ1v) is 5.49. The summed E-state index contributed by atoms with van der Waals surface area (Å²) in [5.74, 6) is -0.545. The average Bonchev–Trinajstić information content (AvgIpc) is 2.12. The number of nitrogens with one attached hydrogen (secondary N) is 2. The van der Waals surface area contributed by atoms with E-state index in [1.54, 1.807) is 0 Å². The second-order valence-corrected chi connectivity index (χ2v) is 4.45. The maximum Gasteiger partial charge on any atom is 0.240 e. The number of amides is 2. The number of carbonyl (C=O) groups is 2. The molecule has 16 heavy (non-hydrogen) atoms. The Morgan fingerprint density at radius 2 is 2.06 bits per heavy atom. The van der Waals surface area contributed by atoms with Gasteiger partial charge in [-0.2, -0.15) is 5.26 Å². The van der Waals surface area contributed by atoms with Crippen LogP contribution in [0.25, 0.3) is 0 Å². The van der Waals surface area contributed by atoms with Crippen LogP contribution < -0.4 is 10.6 Å². The third-order valence-corrected chi connectivity index (χ3v) is 2.71. The van der Waals surface area contributed by atoms with Crippen LogP contribution in [0.1, 0.15) is 33.1 Å². The van der Waals surface area contributed by atoms with Crippen molar-refractivity contribution in [1.82, 2.24) is 10.6 Å². The van der Waals surface area contributed by atoms with Gasteiger partial charge in [0, 0.05) is 6.04 Å². The third-order valence-electron chi connectivity index (χ3n) is 2.71. The van der Waals surface area contributed by atoms with Crippen LogP contribution in [-0.4, -0.2) is 24.4 Å². The highest BCUT2D eigenvalue weighted by Gasteiger charge is 2.44. The second kappa shape index (κ2) is 4.97. The van der Waals surface area contributed by atoms with Crippen LogP contribution in [0.15, 0.2) is 0 Å². The SMILES string of the molecule is CC(C)NC(=O)CNC(=O)C1(C#N)CCC1. The highest BCUT2D eigenvalue weighted by Crippen LogP contribution is 2.40. The lowest BCUT2D eigenvalue weighted by molar-refractivity contribution is -0.134. The van der Waals surface area contributed by atoms with E-state index in [0.717, 1.165) is 6.42 Å². The Morgan fingerprint density at radius 3 is 2.44 bits per heavy atom. The first kappa shape index (κ1) is 12.5. The van der Waals surface area contributed by atoms with Crippen LogP contribution in [0.3, 0.4) is 0 Å². The van der Waals surface area contributed by atoms with Crippen molar-refractivity contribution in [3.05, 3.63) is 0 Å². The summed E-state index contributed by atoms with van der Waals surface area (Å²) in [6.07, 6.45) is 2.10. The fourth-order valence-corrected chi connectivity index (χ4v) is 1.62.